The molecule has 3 saturated heterocycles. The standard InChI is InChI=1S/C30H35F2N3O7.C28H33F2N3O5.C25H27F2N3O5.C20H18F2N2O4/c1-29(2,3)42-28(37)34-10-8-30(38,16-34)17-40-20-7-9-35-21(15-33-25(35)14-20)19-12-23(39-4)26(22(36)11-18-5-6-18)24(13-19)41-27(31)32;1-17(2)32-9-7-28(35,15-32)16-37-20-6-8-33-21(14-31-25(33)13-20)19-11-23(36-3)26(22(34)10-18-4-5-18)24(12-19)38-27(29)30;1-33-20-9-16(10-21(35-24(26)27)23(20)19(31)8-15-2-3-15)18-12-29-22-11-17(4-7-30(18)22)34-14-25(32)5-6-28-13-25;1-27-16-7-12(14-10-23-18-9-13(25)4-5-24(14)18)8-17(28-20(21)22)19(16)15(26)6-11-2-3-11/h7,9,12-15,18,27,38H,5-6,8,10-11,16-17H2,1-4H3;6,8,11-14,17-18,27,35H,4-5,7,9-10,15-16H2,1-3H3;4,7,9-12,15,24,28,32H,2-3,5-6,8,13-14H2,1H3;4-5,7-11,20,23H,2-3,6H2,1H3. The molecule has 143 heavy (non-hydrogen) atoms. The first kappa shape index (κ1) is 102. The Hall–Kier alpha value is -13.6. The lowest BCUT2D eigenvalue weighted by atomic mass is 10.00. The van der Waals surface area contributed by atoms with Gasteiger partial charge in [0.25, 0.3) is 0 Å². The van der Waals surface area contributed by atoms with Crippen molar-refractivity contribution in [1.29, 1.82) is 0 Å². The summed E-state index contributed by atoms with van der Waals surface area (Å²) < 4.78 is 176. The molecule has 3 unspecified atom stereocenters. The number of carbonyl (C=O) groups excluding carboxylic acids is 5. The first-order valence-corrected chi connectivity index (χ1v) is 47.2. The Bertz CT molecular complexity index is 6720. The maximum Gasteiger partial charge on any atom is 0.410 e. The Kier molecular flexibility index (Phi) is 31.0. The van der Waals surface area contributed by atoms with Gasteiger partial charge in [0.15, 0.2) is 28.6 Å². The number of carbonyl (C=O) groups is 5. The quantitative estimate of drug-likeness (QED) is 0.0177. The third kappa shape index (κ3) is 25.4. The number of nitrogens with one attached hydrogen (secondary N) is 2. The topological polar surface area (TPSA) is 364 Å². The largest absolute Gasteiger partial charge is 0.496 e. The number of alkyl halides is 8. The molecule has 762 valence electrons. The number of H-pyrrole nitrogens is 1. The molecule has 4 saturated carbocycles. The van der Waals surface area contributed by atoms with Crippen LogP contribution < -0.4 is 62.9 Å². The number of rotatable bonds is 38. The lowest BCUT2D eigenvalue weighted by molar-refractivity contribution is -0.0509. The molecule has 40 heteroatoms. The number of fused-ring (bicyclic) bond motifs is 4. The number of likely N-dealkylation sites (tertiary alicyclic amines) is 2. The van der Waals surface area contributed by atoms with Crippen molar-refractivity contribution in [3.05, 3.63) is 179 Å². The van der Waals surface area contributed by atoms with Crippen LogP contribution in [0.3, 0.4) is 0 Å². The summed E-state index contributed by atoms with van der Waals surface area (Å²) in [6.45, 7) is 0.511. The number of benzene rings is 4. The number of methoxy groups -OCH3 is 4. The van der Waals surface area contributed by atoms with E-state index in [9.17, 15) is 79.2 Å². The summed E-state index contributed by atoms with van der Waals surface area (Å²) in [4.78, 5) is 95.2. The number of aromatic amines is 1. The molecule has 0 spiro atoms. The fourth-order valence-corrected chi connectivity index (χ4v) is 17.6. The number of pyridine rings is 4. The van der Waals surface area contributed by atoms with E-state index in [1.54, 1.807) is 149 Å². The van der Waals surface area contributed by atoms with Crippen LogP contribution in [0.15, 0.2) is 151 Å². The maximum atomic E-state index is 13.3. The molecule has 3 aliphatic heterocycles. The van der Waals surface area contributed by atoms with E-state index in [0.29, 0.717) is 136 Å². The van der Waals surface area contributed by atoms with Gasteiger partial charge < -0.3 is 91.8 Å². The molecule has 19 rings (SSSR count). The lowest BCUT2D eigenvalue weighted by Crippen LogP contribution is -2.42. The van der Waals surface area contributed by atoms with Crippen LogP contribution in [0.25, 0.3) is 67.6 Å². The van der Waals surface area contributed by atoms with Crippen molar-refractivity contribution in [2.75, 3.05) is 87.5 Å². The summed E-state index contributed by atoms with van der Waals surface area (Å²) in [6.07, 6.45) is 23.0. The number of Topliss-reactive ketones (excluding diaryl/α,β-unsaturated/α-hetero) is 4. The van der Waals surface area contributed by atoms with Gasteiger partial charge in [-0.25, -0.2) is 19.7 Å². The van der Waals surface area contributed by atoms with E-state index in [-0.39, 0.29) is 167 Å². The highest BCUT2D eigenvalue weighted by Gasteiger charge is 2.43. The molecule has 1 amide bonds. The van der Waals surface area contributed by atoms with E-state index in [4.69, 9.17) is 52.1 Å². The third-order valence-corrected chi connectivity index (χ3v) is 25.8. The minimum absolute atomic E-state index is 0.00744. The number of hydrogen-bond donors (Lipinski definition) is 5. The zero-order chi connectivity index (χ0) is 102. The minimum atomic E-state index is -3.12. The Labute approximate surface area is 816 Å². The molecule has 0 radical (unpaired) electrons. The van der Waals surface area contributed by atoms with Crippen molar-refractivity contribution in [3.8, 4) is 108 Å². The third-order valence-electron chi connectivity index (χ3n) is 25.8. The monoisotopic (exact) mass is 1990 g/mol. The first-order chi connectivity index (χ1) is 68.3. The summed E-state index contributed by atoms with van der Waals surface area (Å²) in [5, 5.41) is 35.5. The van der Waals surface area contributed by atoms with Crippen LogP contribution in [0.5, 0.6) is 63.2 Å². The summed E-state index contributed by atoms with van der Waals surface area (Å²) >= 11 is 0. The van der Waals surface area contributed by atoms with Crippen molar-refractivity contribution in [1.82, 2.24) is 52.7 Å². The molecule has 8 aromatic heterocycles. The van der Waals surface area contributed by atoms with Gasteiger partial charge in [0.1, 0.15) is 150 Å². The maximum absolute atomic E-state index is 13.3. The van der Waals surface area contributed by atoms with Gasteiger partial charge in [-0.3, -0.25) is 42.1 Å². The molecule has 7 fully saturated rings. The minimum Gasteiger partial charge on any atom is -0.496 e. The zero-order valence-electron chi connectivity index (χ0n) is 80.3. The van der Waals surface area contributed by atoms with Gasteiger partial charge in [-0.1, -0.05) is 0 Å². The van der Waals surface area contributed by atoms with Crippen molar-refractivity contribution >= 4 is 51.8 Å². The fraction of sp³-hybridized carbons (Fsp3) is 0.447. The molecule has 7 aliphatic rings. The lowest BCUT2D eigenvalue weighted by Gasteiger charge is -2.26. The second-order valence-corrected chi connectivity index (χ2v) is 38.4. The zero-order valence-corrected chi connectivity index (χ0v) is 80.3. The average Bonchev–Trinajstić information content (AvgIpc) is 1.71. The Balaban J connectivity index is 0.000000138. The van der Waals surface area contributed by atoms with Crippen LogP contribution in [0.4, 0.5) is 39.9 Å². The number of halogens is 8. The molecule has 32 nitrogen and oxygen atoms in total. The molecule has 5 N–H and O–H groups in total. The van der Waals surface area contributed by atoms with E-state index in [0.717, 1.165) is 64.5 Å². The Morgan fingerprint density at radius 2 is 0.769 bits per heavy atom. The number of hydrogen-bond acceptors (Lipinski definition) is 26. The highest BCUT2D eigenvalue weighted by Crippen LogP contribution is 2.47. The van der Waals surface area contributed by atoms with Crippen LogP contribution in [-0.2, 0) is 4.74 Å². The second-order valence-electron chi connectivity index (χ2n) is 38.4. The molecule has 11 heterocycles. The van der Waals surface area contributed by atoms with E-state index < -0.39 is 54.9 Å². The molecule has 3 atom stereocenters. The van der Waals surface area contributed by atoms with Gasteiger partial charge >= 0.3 is 32.5 Å². The summed E-state index contributed by atoms with van der Waals surface area (Å²) in [5.74, 6) is 1.36. The molecular formula is C103H113F8N11O21. The predicted octanol–water partition coefficient (Wildman–Crippen LogP) is 17.7. The van der Waals surface area contributed by atoms with E-state index in [1.807, 2.05) is 0 Å². The van der Waals surface area contributed by atoms with Crippen LogP contribution in [0.2, 0.25) is 0 Å². The van der Waals surface area contributed by atoms with Crippen LogP contribution in [0.1, 0.15) is 172 Å². The van der Waals surface area contributed by atoms with Gasteiger partial charge in [0.2, 0.25) is 0 Å². The first-order valence-electron chi connectivity index (χ1n) is 47.2. The van der Waals surface area contributed by atoms with Crippen LogP contribution in [-0.4, -0.2) is 234 Å². The second kappa shape index (κ2) is 43.3. The number of ether oxygens (including phenoxy) is 12. The highest BCUT2D eigenvalue weighted by molar-refractivity contribution is 6.05. The van der Waals surface area contributed by atoms with E-state index in [1.165, 1.54) is 69.7 Å². The smallest absolute Gasteiger partial charge is 0.410 e. The molecular weight excluding hydrogens is 1880 g/mol. The van der Waals surface area contributed by atoms with Crippen LogP contribution >= 0.6 is 0 Å². The molecule has 12 aromatic rings. The van der Waals surface area contributed by atoms with Gasteiger partial charge in [0.05, 0.1) is 76.4 Å². The predicted molar refractivity (Wildman–Crippen MR) is 507 cm³/mol. The van der Waals surface area contributed by atoms with Gasteiger partial charge in [-0.2, -0.15) is 35.1 Å². The number of aliphatic hydroxyl groups is 3. The molecule has 4 aliphatic carbocycles. The Morgan fingerprint density at radius 3 is 1.09 bits per heavy atom. The van der Waals surface area contributed by atoms with E-state index in [2.05, 4.69) is 48.7 Å². The number of amides is 1. The van der Waals surface area contributed by atoms with Crippen molar-refractivity contribution in [3.63, 3.8) is 0 Å². The average molecular weight is 1990 g/mol. The molecule has 0 bridgehead atoms. The summed E-state index contributed by atoms with van der Waals surface area (Å²) in [5.41, 5.74) is 2.81. The molecule has 4 aromatic carbocycles. The normalized spacial score (nSPS) is 18.5. The number of nitrogens with zero attached hydrogens (tertiary/aromatic N) is 9. The van der Waals surface area contributed by atoms with E-state index >= 15 is 0 Å². The SMILES string of the molecule is COc1cc(-c2c[nH]c3cc(=O)ccn23)cc(OC(F)F)c1C(=O)CC1CC1.COc1cc(-c2cnc3cc(OCC4(O)CCN(C(=O)OC(C)(C)C)C4)ccn23)cc(OC(F)F)c1C(=O)CC1CC1.COc1cc(-c2cnc3cc(OCC4(O)CCN(C(C)C)C4)ccn23)cc(OC(F)F)c1C(=O)CC1CC1.COc1cc(-c2cnc3cc(OCC4(O)CCNC4)ccn23)cc(OC(F)F)c1C(=O)CC1CC1. The Morgan fingerprint density at radius 1 is 0.434 bits per heavy atom. The van der Waals surface area contributed by atoms with Crippen molar-refractivity contribution in [2.24, 2.45) is 23.7 Å². The number of β-amino-alcohol motifs (C(OH)–C–C–N with tert-alkyl or cyclic N) is 3. The van der Waals surface area contributed by atoms with Gasteiger partial charge in [0, 0.05) is 141 Å². The number of aromatic nitrogens is 8. The van der Waals surface area contributed by atoms with Crippen molar-refractivity contribution in [2.45, 2.75) is 186 Å². The summed E-state index contributed by atoms with van der Waals surface area (Å²) in [7, 11) is 5.55. The van der Waals surface area contributed by atoms with Gasteiger partial charge in [-0.15, -0.1) is 0 Å². The highest BCUT2D eigenvalue weighted by atomic mass is 19.3. The summed E-state index contributed by atoms with van der Waals surface area (Å²) in [6, 6.07) is 25.7. The van der Waals surface area contributed by atoms with Crippen molar-refractivity contribution < 1.29 is 131 Å². The van der Waals surface area contributed by atoms with Crippen LogP contribution in [0, 0.1) is 23.7 Å². The fourth-order valence-electron chi connectivity index (χ4n) is 17.6. The van der Waals surface area contributed by atoms with Gasteiger partial charge in [-0.05, 0) is 202 Å². The number of ketones is 4. The number of imidazole rings is 4.